The number of aliphatic carboxylic acids is 1. The predicted molar refractivity (Wildman–Crippen MR) is 100 cm³/mol. The van der Waals surface area contributed by atoms with E-state index in [1.54, 1.807) is 49.4 Å². The number of benzene rings is 3. The van der Waals surface area contributed by atoms with Crippen LogP contribution in [0.4, 0.5) is 0 Å². The summed E-state index contributed by atoms with van der Waals surface area (Å²) in [5.74, 6) is -1.31. The SMILES string of the molecule is CC(c1cccc2ccccc12)P(=O)(O)OC(C(=O)O)c1ccccc1. The summed E-state index contributed by atoms with van der Waals surface area (Å²) in [5.41, 5.74) is 0.0877. The van der Waals surface area contributed by atoms with Crippen molar-refractivity contribution >= 4 is 24.3 Å². The molecule has 5 nitrogen and oxygen atoms in total. The van der Waals surface area contributed by atoms with Crippen LogP contribution in [0.5, 0.6) is 0 Å². The molecule has 0 amide bonds. The first kappa shape index (κ1) is 18.3. The smallest absolute Gasteiger partial charge is 0.338 e. The summed E-state index contributed by atoms with van der Waals surface area (Å²) < 4.78 is 18.2. The third kappa shape index (κ3) is 3.70. The summed E-state index contributed by atoms with van der Waals surface area (Å²) in [5, 5.41) is 11.2. The molecule has 0 saturated heterocycles. The molecule has 0 aliphatic heterocycles. The van der Waals surface area contributed by atoms with Gasteiger partial charge in [-0.3, -0.25) is 9.09 Å². The van der Waals surface area contributed by atoms with E-state index < -0.39 is 25.3 Å². The van der Waals surface area contributed by atoms with Gasteiger partial charge in [0.05, 0.1) is 5.66 Å². The maximum atomic E-state index is 12.9. The van der Waals surface area contributed by atoms with Gasteiger partial charge in [0, 0.05) is 0 Å². The lowest BCUT2D eigenvalue weighted by atomic mass is 10.0. The van der Waals surface area contributed by atoms with E-state index in [0.717, 1.165) is 10.8 Å². The fourth-order valence-electron chi connectivity index (χ4n) is 2.91. The predicted octanol–water partition coefficient (Wildman–Crippen LogP) is 4.93. The lowest BCUT2D eigenvalue weighted by molar-refractivity contribution is -0.145. The van der Waals surface area contributed by atoms with E-state index in [0.29, 0.717) is 11.1 Å². The maximum absolute atomic E-state index is 12.9. The molecule has 3 unspecified atom stereocenters. The zero-order valence-electron chi connectivity index (χ0n) is 14.1. The van der Waals surface area contributed by atoms with Crippen LogP contribution in [0.2, 0.25) is 0 Å². The van der Waals surface area contributed by atoms with Crippen molar-refractivity contribution in [3.8, 4) is 0 Å². The monoisotopic (exact) mass is 370 g/mol. The Kier molecular flexibility index (Phi) is 5.23. The third-order valence-corrected chi connectivity index (χ3v) is 6.12. The second-order valence-electron chi connectivity index (χ2n) is 6.04. The Morgan fingerprint density at radius 1 is 0.962 bits per heavy atom. The lowest BCUT2D eigenvalue weighted by Gasteiger charge is -2.24. The quantitative estimate of drug-likeness (QED) is 0.601. The second kappa shape index (κ2) is 7.42. The van der Waals surface area contributed by atoms with Gasteiger partial charge in [0.25, 0.3) is 0 Å². The third-order valence-electron chi connectivity index (χ3n) is 4.35. The summed E-state index contributed by atoms with van der Waals surface area (Å²) in [4.78, 5) is 22.1. The molecule has 0 aromatic heterocycles. The van der Waals surface area contributed by atoms with E-state index in [1.165, 1.54) is 0 Å². The molecule has 0 heterocycles. The van der Waals surface area contributed by atoms with Crippen molar-refractivity contribution < 1.29 is 23.9 Å². The number of fused-ring (bicyclic) bond motifs is 1. The molecule has 26 heavy (non-hydrogen) atoms. The maximum Gasteiger partial charge on any atom is 0.338 e. The van der Waals surface area contributed by atoms with Crippen molar-refractivity contribution in [3.05, 3.63) is 83.9 Å². The van der Waals surface area contributed by atoms with Crippen LogP contribution in [0.1, 0.15) is 29.8 Å². The van der Waals surface area contributed by atoms with Crippen LogP contribution in [-0.4, -0.2) is 16.0 Å². The molecule has 2 N–H and O–H groups in total. The first-order chi connectivity index (χ1) is 12.4. The Morgan fingerprint density at radius 3 is 2.27 bits per heavy atom. The normalized spacial score (nSPS) is 15.9. The highest BCUT2D eigenvalue weighted by atomic mass is 31.2. The van der Waals surface area contributed by atoms with Crippen molar-refractivity contribution in [2.45, 2.75) is 18.7 Å². The Balaban J connectivity index is 1.96. The molecule has 0 bridgehead atoms. The number of hydrogen-bond donors (Lipinski definition) is 2. The van der Waals surface area contributed by atoms with Gasteiger partial charge in [0.15, 0.2) is 6.10 Å². The van der Waals surface area contributed by atoms with Crippen LogP contribution in [0.15, 0.2) is 72.8 Å². The van der Waals surface area contributed by atoms with Crippen LogP contribution >= 0.6 is 7.60 Å². The van der Waals surface area contributed by atoms with Crippen LogP contribution in [-0.2, 0) is 13.9 Å². The zero-order chi connectivity index (χ0) is 18.7. The molecule has 3 aromatic rings. The summed E-state index contributed by atoms with van der Waals surface area (Å²) in [6.45, 7) is 1.58. The molecule has 3 aromatic carbocycles. The van der Waals surface area contributed by atoms with Crippen molar-refractivity contribution in [1.29, 1.82) is 0 Å². The van der Waals surface area contributed by atoms with E-state index in [9.17, 15) is 19.4 Å². The van der Waals surface area contributed by atoms with Crippen molar-refractivity contribution in [2.24, 2.45) is 0 Å². The largest absolute Gasteiger partial charge is 0.479 e. The fourth-order valence-corrected chi connectivity index (χ4v) is 4.18. The number of hydrogen-bond acceptors (Lipinski definition) is 3. The summed E-state index contributed by atoms with van der Waals surface area (Å²) in [7, 11) is -4.27. The van der Waals surface area contributed by atoms with Crippen LogP contribution in [0.25, 0.3) is 10.8 Å². The minimum atomic E-state index is -4.27. The van der Waals surface area contributed by atoms with Gasteiger partial charge in [0.1, 0.15) is 0 Å². The van der Waals surface area contributed by atoms with Gasteiger partial charge in [0.2, 0.25) is 0 Å². The van der Waals surface area contributed by atoms with Crippen LogP contribution < -0.4 is 0 Å². The number of carboxylic acids is 1. The molecule has 0 fully saturated rings. The first-order valence-electron chi connectivity index (χ1n) is 8.16. The highest BCUT2D eigenvalue weighted by Crippen LogP contribution is 2.59. The molecule has 0 spiro atoms. The zero-order valence-corrected chi connectivity index (χ0v) is 15.0. The van der Waals surface area contributed by atoms with E-state index in [4.69, 9.17) is 4.52 Å². The summed E-state index contributed by atoms with van der Waals surface area (Å²) in [6, 6.07) is 21.2. The minimum absolute atomic E-state index is 0.319. The Morgan fingerprint density at radius 2 is 1.58 bits per heavy atom. The van der Waals surface area contributed by atoms with Crippen molar-refractivity contribution in [3.63, 3.8) is 0 Å². The topological polar surface area (TPSA) is 83.8 Å². The molecule has 6 heteroatoms. The van der Waals surface area contributed by atoms with Gasteiger partial charge in [-0.1, -0.05) is 72.8 Å². The number of carboxylic acid groups (broad SMARTS) is 1. The highest BCUT2D eigenvalue weighted by molar-refractivity contribution is 7.53. The average molecular weight is 370 g/mol. The van der Waals surface area contributed by atoms with E-state index in [2.05, 4.69) is 0 Å². The molecule has 134 valence electrons. The minimum Gasteiger partial charge on any atom is -0.479 e. The van der Waals surface area contributed by atoms with Gasteiger partial charge in [-0.25, -0.2) is 4.79 Å². The Bertz CT molecular complexity index is 965. The van der Waals surface area contributed by atoms with E-state index in [-0.39, 0.29) is 0 Å². The fraction of sp³-hybridized carbons (Fsp3) is 0.150. The van der Waals surface area contributed by atoms with Gasteiger partial charge in [-0.05, 0) is 28.8 Å². The average Bonchev–Trinajstić information content (AvgIpc) is 2.65. The van der Waals surface area contributed by atoms with E-state index >= 15 is 0 Å². The second-order valence-corrected chi connectivity index (χ2v) is 8.16. The van der Waals surface area contributed by atoms with Gasteiger partial charge < -0.3 is 10.00 Å². The van der Waals surface area contributed by atoms with Gasteiger partial charge in [-0.2, -0.15) is 0 Å². The number of rotatable bonds is 6. The molecular weight excluding hydrogens is 351 g/mol. The van der Waals surface area contributed by atoms with Crippen molar-refractivity contribution in [2.75, 3.05) is 0 Å². The van der Waals surface area contributed by atoms with Crippen LogP contribution in [0, 0.1) is 0 Å². The summed E-state index contributed by atoms with van der Waals surface area (Å²) >= 11 is 0. The lowest BCUT2D eigenvalue weighted by Crippen LogP contribution is -2.15. The molecule has 0 aliphatic carbocycles. The summed E-state index contributed by atoms with van der Waals surface area (Å²) in [6.07, 6.45) is -1.51. The Hall–Kier alpha value is -2.46. The first-order valence-corrected chi connectivity index (χ1v) is 9.81. The molecule has 3 atom stereocenters. The Labute approximate surface area is 151 Å². The van der Waals surface area contributed by atoms with Gasteiger partial charge >= 0.3 is 13.6 Å². The van der Waals surface area contributed by atoms with Crippen LogP contribution in [0.3, 0.4) is 0 Å². The molecule has 0 radical (unpaired) electrons. The highest BCUT2D eigenvalue weighted by Gasteiger charge is 2.37. The molecule has 0 saturated carbocycles. The van der Waals surface area contributed by atoms with Gasteiger partial charge in [-0.15, -0.1) is 0 Å². The van der Waals surface area contributed by atoms with E-state index in [1.807, 2.05) is 30.3 Å². The van der Waals surface area contributed by atoms with Crippen molar-refractivity contribution in [1.82, 2.24) is 0 Å². The molecular formula is C20H19O5P. The molecule has 3 rings (SSSR count). The molecule has 0 aliphatic rings. The number of carbonyl (C=O) groups is 1. The standard InChI is InChI=1S/C20H19O5P/c1-14(17-13-7-11-15-8-5-6-12-18(15)17)26(23,24)25-19(20(21)22)16-9-3-2-4-10-16/h2-14,19H,1H3,(H,21,22)(H,23,24).